The molecule has 138 valence electrons. The Morgan fingerprint density at radius 3 is 2.17 bits per heavy atom. The molecular weight excluding hydrogens is 413 g/mol. The number of halogens is 3. The van der Waals surface area contributed by atoms with Gasteiger partial charge in [0.15, 0.2) is 0 Å². The predicted octanol–water partition coefficient (Wildman–Crippen LogP) is 6.26. The number of carbonyl (C=O) groups excluding carboxylic acids is 1. The Morgan fingerprint density at radius 2 is 1.65 bits per heavy atom. The number of alkyl halides is 3. The first-order chi connectivity index (χ1) is 10.7. The lowest BCUT2D eigenvalue weighted by Gasteiger charge is -2.23. The average Bonchev–Trinajstić information content (AvgIpc) is 2.45. The van der Waals surface area contributed by atoms with Crippen molar-refractivity contribution in [3.05, 3.63) is 0 Å². The third-order valence-electron chi connectivity index (χ3n) is 4.16. The zero-order valence-corrected chi connectivity index (χ0v) is 17.2. The maximum Gasteiger partial charge on any atom is 0.376 e. The van der Waals surface area contributed by atoms with Gasteiger partial charge >= 0.3 is 11.9 Å². The van der Waals surface area contributed by atoms with Crippen molar-refractivity contribution in [2.24, 2.45) is 17.8 Å². The molecule has 0 radical (unpaired) electrons. The molecule has 0 aliphatic heterocycles. The number of ether oxygens (including phenoxy) is 1. The highest BCUT2D eigenvalue weighted by atomic mass is 127. The van der Waals surface area contributed by atoms with E-state index >= 15 is 0 Å². The molecule has 5 heteroatoms. The summed E-state index contributed by atoms with van der Waals surface area (Å²) in [6.07, 6.45) is 4.64. The summed E-state index contributed by atoms with van der Waals surface area (Å²) in [5.74, 6) is -3.65. The summed E-state index contributed by atoms with van der Waals surface area (Å²) in [6, 6.07) is 0. The SMILES string of the molecule is CC(C)CCC(COC(=O)C(F)(F)CCCCCCI)C(C)C. The van der Waals surface area contributed by atoms with Crippen molar-refractivity contribution in [1.82, 2.24) is 0 Å². The van der Waals surface area contributed by atoms with Crippen molar-refractivity contribution in [1.29, 1.82) is 0 Å². The molecule has 0 heterocycles. The van der Waals surface area contributed by atoms with Gasteiger partial charge in [-0.25, -0.2) is 4.79 Å². The van der Waals surface area contributed by atoms with Gasteiger partial charge in [0, 0.05) is 6.42 Å². The molecule has 0 aromatic rings. The first kappa shape index (κ1) is 23.1. The number of hydrogen-bond acceptors (Lipinski definition) is 2. The van der Waals surface area contributed by atoms with Crippen LogP contribution in [-0.2, 0) is 9.53 Å². The Hall–Kier alpha value is 0.0600. The van der Waals surface area contributed by atoms with Crippen molar-refractivity contribution >= 4 is 28.6 Å². The van der Waals surface area contributed by atoms with Crippen molar-refractivity contribution in [3.63, 3.8) is 0 Å². The highest BCUT2D eigenvalue weighted by molar-refractivity contribution is 14.1. The Bertz CT molecular complexity index is 320. The molecule has 2 nitrogen and oxygen atoms in total. The van der Waals surface area contributed by atoms with Crippen LogP contribution in [0.1, 0.15) is 72.6 Å². The Morgan fingerprint density at radius 1 is 1.04 bits per heavy atom. The van der Waals surface area contributed by atoms with E-state index in [1.165, 1.54) is 0 Å². The van der Waals surface area contributed by atoms with E-state index in [0.29, 0.717) is 18.3 Å². The quantitative estimate of drug-likeness (QED) is 0.145. The highest BCUT2D eigenvalue weighted by Crippen LogP contribution is 2.26. The van der Waals surface area contributed by atoms with Gasteiger partial charge in [0.1, 0.15) is 0 Å². The molecule has 0 amide bonds. The monoisotopic (exact) mass is 446 g/mol. The molecule has 0 saturated carbocycles. The largest absolute Gasteiger partial charge is 0.461 e. The van der Waals surface area contributed by atoms with E-state index in [-0.39, 0.29) is 12.5 Å². The van der Waals surface area contributed by atoms with Gasteiger partial charge in [0.05, 0.1) is 6.61 Å². The van der Waals surface area contributed by atoms with Crippen LogP contribution in [0, 0.1) is 17.8 Å². The van der Waals surface area contributed by atoms with Crippen LogP contribution in [0.3, 0.4) is 0 Å². The normalized spacial score (nSPS) is 13.6. The first-order valence-corrected chi connectivity index (χ1v) is 10.3. The lowest BCUT2D eigenvalue weighted by atomic mass is 9.89. The number of unbranched alkanes of at least 4 members (excludes halogenated alkanes) is 3. The maximum atomic E-state index is 13.8. The fraction of sp³-hybridized carbons (Fsp3) is 0.944. The fourth-order valence-electron chi connectivity index (χ4n) is 2.34. The minimum absolute atomic E-state index is 0.105. The van der Waals surface area contributed by atoms with Gasteiger partial charge in [0.2, 0.25) is 0 Å². The second-order valence-electron chi connectivity index (χ2n) is 7.13. The molecule has 1 atom stereocenters. The van der Waals surface area contributed by atoms with E-state index < -0.39 is 18.3 Å². The lowest BCUT2D eigenvalue weighted by Crippen LogP contribution is -2.33. The molecule has 0 bridgehead atoms. The van der Waals surface area contributed by atoms with Crippen LogP contribution in [0.5, 0.6) is 0 Å². The van der Waals surface area contributed by atoms with Crippen LogP contribution >= 0.6 is 22.6 Å². The van der Waals surface area contributed by atoms with Crippen LogP contribution in [-0.4, -0.2) is 22.9 Å². The molecule has 0 aliphatic carbocycles. The number of hydrogen-bond donors (Lipinski definition) is 0. The molecule has 0 aromatic heterocycles. The summed E-state index contributed by atoms with van der Waals surface area (Å²) >= 11 is 2.28. The standard InChI is InChI=1S/C18H33F2IO2/c1-14(2)9-10-16(15(3)4)13-23-17(22)18(19,20)11-7-5-6-8-12-21/h14-16H,5-13H2,1-4H3. The average molecular weight is 446 g/mol. The third-order valence-corrected chi connectivity index (χ3v) is 4.92. The molecule has 0 N–H and O–H groups in total. The Balaban J connectivity index is 4.20. The van der Waals surface area contributed by atoms with E-state index in [2.05, 4.69) is 36.4 Å². The fourth-order valence-corrected chi connectivity index (χ4v) is 2.88. The summed E-state index contributed by atoms with van der Waals surface area (Å²) in [5, 5.41) is 0. The van der Waals surface area contributed by atoms with Gasteiger partial charge < -0.3 is 4.74 Å². The second-order valence-corrected chi connectivity index (χ2v) is 8.21. The van der Waals surface area contributed by atoms with Gasteiger partial charge in [0.25, 0.3) is 0 Å². The maximum absolute atomic E-state index is 13.8. The minimum atomic E-state index is -3.34. The number of esters is 1. The van der Waals surface area contributed by atoms with Crippen molar-refractivity contribution in [2.75, 3.05) is 11.0 Å². The zero-order chi connectivity index (χ0) is 17.9. The van der Waals surface area contributed by atoms with Gasteiger partial charge in [-0.15, -0.1) is 0 Å². The molecule has 1 unspecified atom stereocenters. The Labute approximate surface area is 154 Å². The van der Waals surface area contributed by atoms with Crippen LogP contribution in [0.2, 0.25) is 0 Å². The molecule has 0 rings (SSSR count). The van der Waals surface area contributed by atoms with Gasteiger partial charge in [-0.1, -0.05) is 69.5 Å². The molecule has 0 fully saturated rings. The van der Waals surface area contributed by atoms with Crippen molar-refractivity contribution in [2.45, 2.75) is 78.6 Å². The summed E-state index contributed by atoms with van der Waals surface area (Å²) in [5.41, 5.74) is 0. The third kappa shape index (κ3) is 11.3. The summed E-state index contributed by atoms with van der Waals surface area (Å²) < 4.78 is 33.6. The number of carbonyl (C=O) groups is 1. The van der Waals surface area contributed by atoms with E-state index in [0.717, 1.165) is 36.5 Å². The molecular formula is C18H33F2IO2. The molecule has 0 spiro atoms. The second kappa shape index (κ2) is 12.4. The van der Waals surface area contributed by atoms with Gasteiger partial charge in [-0.3, -0.25) is 0 Å². The van der Waals surface area contributed by atoms with E-state index in [1.54, 1.807) is 0 Å². The predicted molar refractivity (Wildman–Crippen MR) is 100 cm³/mol. The van der Waals surface area contributed by atoms with Crippen LogP contribution < -0.4 is 0 Å². The molecule has 0 aliphatic rings. The topological polar surface area (TPSA) is 26.3 Å². The van der Waals surface area contributed by atoms with E-state index in [1.807, 2.05) is 13.8 Å². The summed E-state index contributed by atoms with van der Waals surface area (Å²) in [6.45, 7) is 8.47. The van der Waals surface area contributed by atoms with Crippen LogP contribution in [0.15, 0.2) is 0 Å². The van der Waals surface area contributed by atoms with Gasteiger partial charge in [-0.2, -0.15) is 8.78 Å². The van der Waals surface area contributed by atoms with Crippen LogP contribution in [0.25, 0.3) is 0 Å². The summed E-state index contributed by atoms with van der Waals surface area (Å²) in [4.78, 5) is 11.7. The smallest absolute Gasteiger partial charge is 0.376 e. The minimum Gasteiger partial charge on any atom is -0.461 e. The van der Waals surface area contributed by atoms with Crippen LogP contribution in [0.4, 0.5) is 8.78 Å². The molecule has 0 saturated heterocycles. The highest BCUT2D eigenvalue weighted by Gasteiger charge is 2.40. The van der Waals surface area contributed by atoms with E-state index in [9.17, 15) is 13.6 Å². The molecule has 0 aromatic carbocycles. The lowest BCUT2D eigenvalue weighted by molar-refractivity contribution is -0.175. The summed E-state index contributed by atoms with van der Waals surface area (Å²) in [7, 11) is 0. The molecule has 23 heavy (non-hydrogen) atoms. The zero-order valence-electron chi connectivity index (χ0n) is 15.0. The van der Waals surface area contributed by atoms with Crippen molar-refractivity contribution in [3.8, 4) is 0 Å². The first-order valence-electron chi connectivity index (χ1n) is 8.81. The Kier molecular flexibility index (Phi) is 12.5. The van der Waals surface area contributed by atoms with E-state index in [4.69, 9.17) is 4.74 Å². The van der Waals surface area contributed by atoms with Gasteiger partial charge in [-0.05, 0) is 41.4 Å². The van der Waals surface area contributed by atoms with Crippen molar-refractivity contribution < 1.29 is 18.3 Å². The number of rotatable bonds is 13.